The normalized spacial score (nSPS) is 18.4. The number of likely N-dealkylation sites (N-methyl/N-ethyl adjacent to an activating group) is 1. The third-order valence-electron chi connectivity index (χ3n) is 4.30. The van der Waals surface area contributed by atoms with Crippen LogP contribution in [0.1, 0.15) is 19.3 Å². The zero-order chi connectivity index (χ0) is 17.0. The maximum absolute atomic E-state index is 11.3. The second-order valence-electron chi connectivity index (χ2n) is 5.81. The second kappa shape index (κ2) is 7.28. The van der Waals surface area contributed by atoms with Crippen LogP contribution in [0.4, 0.5) is 21.9 Å². The summed E-state index contributed by atoms with van der Waals surface area (Å²) in [6, 6.07) is 4.76. The van der Waals surface area contributed by atoms with Crippen molar-refractivity contribution in [3.8, 4) is 0 Å². The maximum Gasteiger partial charge on any atom is 0.411 e. The Morgan fingerprint density at radius 3 is 2.87 bits per heavy atom. The van der Waals surface area contributed by atoms with Crippen molar-refractivity contribution in [3.63, 3.8) is 0 Å². The van der Waals surface area contributed by atoms with Crippen molar-refractivity contribution in [1.29, 1.82) is 0 Å². The molecule has 0 aliphatic carbocycles. The number of nitrogens with zero attached hydrogens (tertiary/aromatic N) is 3. The lowest BCUT2D eigenvalue weighted by atomic mass is 10.0. The Morgan fingerprint density at radius 1 is 1.52 bits per heavy atom. The molecule has 1 aliphatic rings. The Labute approximate surface area is 134 Å². The molecule has 0 unspecified atom stereocenters. The number of nitro groups is 1. The molecular weight excluding hydrogens is 300 g/mol. The van der Waals surface area contributed by atoms with Crippen LogP contribution in [0, 0.1) is 10.1 Å². The first-order valence-corrected chi connectivity index (χ1v) is 7.59. The van der Waals surface area contributed by atoms with E-state index in [1.165, 1.54) is 26.0 Å². The Hall–Kier alpha value is -2.35. The lowest BCUT2D eigenvalue weighted by Crippen LogP contribution is -2.40. The SMILES string of the molecule is CN(C(=O)O)c1ccc(NC[C@H]2CCCCN2C)c([N+](=O)[O-])c1. The average molecular weight is 322 g/mol. The molecule has 0 bridgehead atoms. The molecule has 0 aromatic heterocycles. The number of rotatable bonds is 5. The summed E-state index contributed by atoms with van der Waals surface area (Å²) in [6.07, 6.45) is 2.26. The fraction of sp³-hybridized carbons (Fsp3) is 0.533. The first kappa shape index (κ1) is 17.0. The zero-order valence-electron chi connectivity index (χ0n) is 13.4. The molecule has 1 heterocycles. The molecule has 2 rings (SSSR count). The van der Waals surface area contributed by atoms with Gasteiger partial charge in [-0.15, -0.1) is 0 Å². The van der Waals surface area contributed by atoms with Crippen molar-refractivity contribution in [2.45, 2.75) is 25.3 Å². The van der Waals surface area contributed by atoms with E-state index in [0.29, 0.717) is 18.3 Å². The van der Waals surface area contributed by atoms with E-state index < -0.39 is 11.0 Å². The molecule has 8 nitrogen and oxygen atoms in total. The average Bonchev–Trinajstić information content (AvgIpc) is 2.53. The molecule has 0 spiro atoms. The molecule has 1 aromatic carbocycles. The molecule has 1 saturated heterocycles. The van der Waals surface area contributed by atoms with Gasteiger partial charge in [0.2, 0.25) is 0 Å². The summed E-state index contributed by atoms with van der Waals surface area (Å²) in [7, 11) is 3.41. The maximum atomic E-state index is 11.3. The van der Waals surface area contributed by atoms with E-state index in [1.54, 1.807) is 12.1 Å². The van der Waals surface area contributed by atoms with Crippen LogP contribution in [-0.2, 0) is 0 Å². The van der Waals surface area contributed by atoms with Crippen LogP contribution in [0.5, 0.6) is 0 Å². The van der Waals surface area contributed by atoms with Crippen LogP contribution < -0.4 is 10.2 Å². The highest BCUT2D eigenvalue weighted by Gasteiger charge is 2.22. The van der Waals surface area contributed by atoms with Crippen molar-refractivity contribution in [1.82, 2.24) is 4.90 Å². The summed E-state index contributed by atoms with van der Waals surface area (Å²) in [5.74, 6) is 0. The molecule has 23 heavy (non-hydrogen) atoms. The number of anilines is 2. The van der Waals surface area contributed by atoms with E-state index in [4.69, 9.17) is 5.11 Å². The van der Waals surface area contributed by atoms with Gasteiger partial charge in [0, 0.05) is 25.7 Å². The number of likely N-dealkylation sites (tertiary alicyclic amines) is 1. The molecular formula is C15H22N4O4. The number of benzene rings is 1. The minimum absolute atomic E-state index is 0.117. The summed E-state index contributed by atoms with van der Waals surface area (Å²) in [6.45, 7) is 1.67. The number of hydrogen-bond acceptors (Lipinski definition) is 5. The Bertz CT molecular complexity index is 593. The zero-order valence-corrected chi connectivity index (χ0v) is 13.4. The minimum Gasteiger partial charge on any atom is -0.465 e. The van der Waals surface area contributed by atoms with Crippen molar-refractivity contribution < 1.29 is 14.8 Å². The lowest BCUT2D eigenvalue weighted by molar-refractivity contribution is -0.383. The highest BCUT2D eigenvalue weighted by molar-refractivity contribution is 5.86. The number of amides is 1. The standard InChI is InChI=1S/C15H22N4O4/c1-17-8-4-3-5-12(17)10-16-13-7-6-11(18(2)15(20)21)9-14(13)19(22)23/h6-7,9,12,16H,3-5,8,10H2,1-2H3,(H,20,21)/t12-/m1/s1. The van der Waals surface area contributed by atoms with Gasteiger partial charge in [-0.3, -0.25) is 15.0 Å². The molecule has 1 atom stereocenters. The monoisotopic (exact) mass is 322 g/mol. The smallest absolute Gasteiger partial charge is 0.411 e. The van der Waals surface area contributed by atoms with E-state index in [-0.39, 0.29) is 11.4 Å². The number of hydrogen-bond donors (Lipinski definition) is 2. The summed E-state index contributed by atoms with van der Waals surface area (Å²) >= 11 is 0. The van der Waals surface area contributed by atoms with Gasteiger partial charge in [-0.2, -0.15) is 0 Å². The van der Waals surface area contributed by atoms with E-state index in [2.05, 4.69) is 17.3 Å². The Kier molecular flexibility index (Phi) is 5.38. The summed E-state index contributed by atoms with van der Waals surface area (Å²) in [5, 5.41) is 23.4. The molecule has 1 fully saturated rings. The molecule has 1 aromatic rings. The predicted molar refractivity (Wildman–Crippen MR) is 88.3 cm³/mol. The largest absolute Gasteiger partial charge is 0.465 e. The van der Waals surface area contributed by atoms with Gasteiger partial charge in [-0.05, 0) is 38.6 Å². The molecule has 2 N–H and O–H groups in total. The van der Waals surface area contributed by atoms with E-state index >= 15 is 0 Å². The quantitative estimate of drug-likeness (QED) is 0.638. The summed E-state index contributed by atoms with van der Waals surface area (Å²) < 4.78 is 0. The predicted octanol–water partition coefficient (Wildman–Crippen LogP) is 2.61. The third-order valence-corrected chi connectivity index (χ3v) is 4.30. The van der Waals surface area contributed by atoms with Crippen LogP contribution in [0.3, 0.4) is 0 Å². The fourth-order valence-corrected chi connectivity index (χ4v) is 2.77. The molecule has 0 saturated carbocycles. The van der Waals surface area contributed by atoms with Gasteiger partial charge in [0.05, 0.1) is 10.6 Å². The number of nitro benzene ring substituents is 1. The second-order valence-corrected chi connectivity index (χ2v) is 5.81. The van der Waals surface area contributed by atoms with Crippen molar-refractivity contribution in [2.24, 2.45) is 0 Å². The van der Waals surface area contributed by atoms with E-state index in [1.807, 2.05) is 0 Å². The van der Waals surface area contributed by atoms with Gasteiger partial charge in [0.15, 0.2) is 0 Å². The lowest BCUT2D eigenvalue weighted by Gasteiger charge is -2.32. The van der Waals surface area contributed by atoms with E-state index in [9.17, 15) is 14.9 Å². The van der Waals surface area contributed by atoms with Crippen molar-refractivity contribution >= 4 is 23.2 Å². The number of nitrogens with one attached hydrogen (secondary N) is 1. The molecule has 8 heteroatoms. The van der Waals surface area contributed by atoms with Crippen LogP contribution in [0.15, 0.2) is 18.2 Å². The van der Waals surface area contributed by atoms with Crippen molar-refractivity contribution in [3.05, 3.63) is 28.3 Å². The van der Waals surface area contributed by atoms with Crippen LogP contribution in [0.2, 0.25) is 0 Å². The number of carboxylic acid groups (broad SMARTS) is 1. The van der Waals surface area contributed by atoms with Gasteiger partial charge >= 0.3 is 6.09 Å². The van der Waals surface area contributed by atoms with Gasteiger partial charge in [-0.25, -0.2) is 4.79 Å². The molecule has 1 aliphatic heterocycles. The molecule has 126 valence electrons. The number of piperidine rings is 1. The van der Waals surface area contributed by atoms with Gasteiger partial charge in [0.1, 0.15) is 5.69 Å². The highest BCUT2D eigenvalue weighted by Crippen LogP contribution is 2.30. The molecule has 0 radical (unpaired) electrons. The van der Waals surface area contributed by atoms with Crippen LogP contribution in [-0.4, -0.2) is 54.2 Å². The summed E-state index contributed by atoms with van der Waals surface area (Å²) in [5.41, 5.74) is 0.565. The highest BCUT2D eigenvalue weighted by atomic mass is 16.6. The fourth-order valence-electron chi connectivity index (χ4n) is 2.77. The summed E-state index contributed by atoms with van der Waals surface area (Å²) in [4.78, 5) is 25.0. The van der Waals surface area contributed by atoms with Crippen LogP contribution in [0.25, 0.3) is 0 Å². The van der Waals surface area contributed by atoms with E-state index in [0.717, 1.165) is 17.9 Å². The first-order valence-electron chi connectivity index (χ1n) is 7.59. The van der Waals surface area contributed by atoms with Gasteiger partial charge in [0.25, 0.3) is 5.69 Å². The Balaban J connectivity index is 2.14. The number of carbonyl (C=O) groups is 1. The van der Waals surface area contributed by atoms with Crippen LogP contribution >= 0.6 is 0 Å². The topological polar surface area (TPSA) is 99.0 Å². The molecule has 1 amide bonds. The van der Waals surface area contributed by atoms with Crippen molar-refractivity contribution in [2.75, 3.05) is 37.4 Å². The Morgan fingerprint density at radius 2 is 2.26 bits per heavy atom. The first-order chi connectivity index (χ1) is 10.9. The third kappa shape index (κ3) is 4.10. The van der Waals surface area contributed by atoms with Gasteiger partial charge < -0.3 is 15.3 Å². The van der Waals surface area contributed by atoms with Gasteiger partial charge in [-0.1, -0.05) is 6.42 Å². The minimum atomic E-state index is -1.16.